The van der Waals surface area contributed by atoms with Crippen molar-refractivity contribution < 1.29 is 0 Å². The number of halogens is 1. The summed E-state index contributed by atoms with van der Waals surface area (Å²) in [4.78, 5) is 0. The Morgan fingerprint density at radius 3 is 2.70 bits per heavy atom. The van der Waals surface area contributed by atoms with Crippen molar-refractivity contribution in [3.8, 4) is 5.69 Å². The zero-order valence-electron chi connectivity index (χ0n) is 11.2. The van der Waals surface area contributed by atoms with E-state index in [0.717, 1.165) is 21.4 Å². The van der Waals surface area contributed by atoms with Crippen LogP contribution in [0.2, 0.25) is 0 Å². The van der Waals surface area contributed by atoms with E-state index in [1.165, 1.54) is 5.39 Å². The maximum atomic E-state index is 4.09. The fourth-order valence-electron chi connectivity index (χ4n) is 2.11. The molecule has 0 saturated heterocycles. The summed E-state index contributed by atoms with van der Waals surface area (Å²) in [6, 6.07) is 12.5. The minimum absolute atomic E-state index is 0.0885. The highest BCUT2D eigenvalue weighted by Gasteiger charge is 2.14. The lowest BCUT2D eigenvalue weighted by atomic mass is 10.1. The molecule has 102 valence electrons. The van der Waals surface area contributed by atoms with Gasteiger partial charge in [-0.05, 0) is 59.4 Å². The molecule has 0 amide bonds. The Morgan fingerprint density at radius 2 is 1.90 bits per heavy atom. The van der Waals surface area contributed by atoms with Gasteiger partial charge < -0.3 is 5.32 Å². The topological polar surface area (TPSA) is 55.6 Å². The van der Waals surface area contributed by atoms with E-state index in [9.17, 15) is 0 Å². The average Bonchev–Trinajstić information content (AvgIpc) is 2.95. The quantitative estimate of drug-likeness (QED) is 0.801. The van der Waals surface area contributed by atoms with E-state index in [4.69, 9.17) is 0 Å². The number of nitrogens with zero attached hydrogens (tertiary/aromatic N) is 4. The third-order valence-electron chi connectivity index (χ3n) is 3.34. The number of fused-ring (bicyclic) bond motifs is 1. The SMILES string of the molecule is CNC(C)c1nnnn1-c1ccc2cc(Br)ccc2c1. The van der Waals surface area contributed by atoms with Gasteiger partial charge in [-0.15, -0.1) is 5.10 Å². The van der Waals surface area contributed by atoms with Crippen molar-refractivity contribution in [3.63, 3.8) is 0 Å². The van der Waals surface area contributed by atoms with Crippen LogP contribution >= 0.6 is 15.9 Å². The lowest BCUT2D eigenvalue weighted by Gasteiger charge is -2.11. The Morgan fingerprint density at radius 1 is 1.15 bits per heavy atom. The first-order chi connectivity index (χ1) is 9.69. The second kappa shape index (κ2) is 5.30. The maximum absolute atomic E-state index is 4.09. The molecule has 0 radical (unpaired) electrons. The molecule has 0 fully saturated rings. The van der Waals surface area contributed by atoms with Crippen LogP contribution in [-0.2, 0) is 0 Å². The van der Waals surface area contributed by atoms with Gasteiger partial charge in [-0.1, -0.05) is 28.1 Å². The summed E-state index contributed by atoms with van der Waals surface area (Å²) in [7, 11) is 1.89. The third kappa shape index (κ3) is 2.32. The maximum Gasteiger partial charge on any atom is 0.173 e. The summed E-state index contributed by atoms with van der Waals surface area (Å²) >= 11 is 3.48. The van der Waals surface area contributed by atoms with Crippen LogP contribution in [0, 0.1) is 0 Å². The predicted molar refractivity (Wildman–Crippen MR) is 81.8 cm³/mol. The second-order valence-electron chi connectivity index (χ2n) is 4.64. The number of nitrogens with one attached hydrogen (secondary N) is 1. The van der Waals surface area contributed by atoms with E-state index in [-0.39, 0.29) is 6.04 Å². The summed E-state index contributed by atoms with van der Waals surface area (Å²) < 4.78 is 2.84. The standard InChI is InChI=1S/C14H14BrN5/c1-9(16-2)14-17-18-19-20(14)13-6-4-10-7-12(15)5-3-11(10)8-13/h3-9,16H,1-2H3. The molecule has 3 rings (SSSR count). The molecule has 1 N–H and O–H groups in total. The molecule has 1 unspecified atom stereocenters. The summed E-state index contributed by atoms with van der Waals surface area (Å²) in [6.45, 7) is 2.03. The normalized spacial score (nSPS) is 12.8. The fourth-order valence-corrected chi connectivity index (χ4v) is 2.49. The van der Waals surface area contributed by atoms with Gasteiger partial charge in [0.1, 0.15) is 0 Å². The number of aromatic nitrogens is 4. The lowest BCUT2D eigenvalue weighted by Crippen LogP contribution is -2.17. The van der Waals surface area contributed by atoms with Crippen molar-refractivity contribution in [3.05, 3.63) is 46.7 Å². The molecule has 5 nitrogen and oxygen atoms in total. The number of hydrogen-bond donors (Lipinski definition) is 1. The molecular formula is C14H14BrN5. The summed E-state index contributed by atoms with van der Waals surface area (Å²) in [5, 5.41) is 17.4. The molecule has 2 aromatic carbocycles. The third-order valence-corrected chi connectivity index (χ3v) is 3.84. The Balaban J connectivity index is 2.11. The molecule has 1 atom stereocenters. The first kappa shape index (κ1) is 13.2. The van der Waals surface area contributed by atoms with Gasteiger partial charge in [0.2, 0.25) is 0 Å². The van der Waals surface area contributed by atoms with Crippen LogP contribution in [0.4, 0.5) is 0 Å². The van der Waals surface area contributed by atoms with Crippen molar-refractivity contribution in [2.45, 2.75) is 13.0 Å². The molecule has 0 aliphatic heterocycles. The fraction of sp³-hybridized carbons (Fsp3) is 0.214. The predicted octanol–water partition coefficient (Wildman–Crippen LogP) is 2.86. The van der Waals surface area contributed by atoms with Gasteiger partial charge >= 0.3 is 0 Å². The van der Waals surface area contributed by atoms with E-state index < -0.39 is 0 Å². The van der Waals surface area contributed by atoms with Crippen LogP contribution in [0.3, 0.4) is 0 Å². The molecule has 20 heavy (non-hydrogen) atoms. The van der Waals surface area contributed by atoms with Crippen LogP contribution in [0.15, 0.2) is 40.9 Å². The van der Waals surface area contributed by atoms with E-state index in [0.29, 0.717) is 0 Å². The van der Waals surface area contributed by atoms with Crippen molar-refractivity contribution in [1.29, 1.82) is 0 Å². The molecule has 0 spiro atoms. The summed E-state index contributed by atoms with van der Waals surface area (Å²) in [5.41, 5.74) is 0.960. The molecule has 0 bridgehead atoms. The van der Waals surface area contributed by atoms with Crippen LogP contribution in [-0.4, -0.2) is 27.3 Å². The molecule has 3 aromatic rings. The van der Waals surface area contributed by atoms with Crippen LogP contribution in [0.1, 0.15) is 18.8 Å². The van der Waals surface area contributed by atoms with Crippen molar-refractivity contribution in [2.24, 2.45) is 0 Å². The van der Waals surface area contributed by atoms with Gasteiger partial charge in [0.15, 0.2) is 5.82 Å². The van der Waals surface area contributed by atoms with Crippen molar-refractivity contribution >= 4 is 26.7 Å². The highest BCUT2D eigenvalue weighted by Crippen LogP contribution is 2.23. The molecule has 0 saturated carbocycles. The molecular weight excluding hydrogens is 318 g/mol. The van der Waals surface area contributed by atoms with Crippen molar-refractivity contribution in [2.75, 3.05) is 7.05 Å². The molecule has 0 aliphatic carbocycles. The van der Waals surface area contributed by atoms with Gasteiger partial charge in [-0.2, -0.15) is 4.68 Å². The first-order valence-electron chi connectivity index (χ1n) is 6.34. The van der Waals surface area contributed by atoms with E-state index >= 15 is 0 Å². The van der Waals surface area contributed by atoms with Gasteiger partial charge in [0, 0.05) is 4.47 Å². The second-order valence-corrected chi connectivity index (χ2v) is 5.55. The van der Waals surface area contributed by atoms with Gasteiger partial charge in [0.25, 0.3) is 0 Å². The number of hydrogen-bond acceptors (Lipinski definition) is 4. The molecule has 1 heterocycles. The highest BCUT2D eigenvalue weighted by atomic mass is 79.9. The van der Waals surface area contributed by atoms with Crippen LogP contribution in [0.25, 0.3) is 16.5 Å². The summed E-state index contributed by atoms with van der Waals surface area (Å²) in [5.74, 6) is 0.795. The van der Waals surface area contributed by atoms with Crippen molar-refractivity contribution in [1.82, 2.24) is 25.5 Å². The Labute approximate surface area is 125 Å². The van der Waals surface area contributed by atoms with E-state index in [1.807, 2.05) is 26.1 Å². The van der Waals surface area contributed by atoms with Gasteiger partial charge in [-0.25, -0.2) is 0 Å². The molecule has 6 heteroatoms. The Hall–Kier alpha value is -1.79. The van der Waals surface area contributed by atoms with E-state index in [2.05, 4.69) is 61.0 Å². The number of rotatable bonds is 3. The molecule has 0 aliphatic rings. The Kier molecular flexibility index (Phi) is 3.50. The van der Waals surface area contributed by atoms with Gasteiger partial charge in [0.05, 0.1) is 11.7 Å². The summed E-state index contributed by atoms with van der Waals surface area (Å²) in [6.07, 6.45) is 0. The number of tetrazole rings is 1. The smallest absolute Gasteiger partial charge is 0.173 e. The zero-order valence-corrected chi connectivity index (χ0v) is 12.8. The largest absolute Gasteiger partial charge is 0.311 e. The van der Waals surface area contributed by atoms with E-state index in [1.54, 1.807) is 4.68 Å². The van der Waals surface area contributed by atoms with Gasteiger partial charge in [-0.3, -0.25) is 0 Å². The highest BCUT2D eigenvalue weighted by molar-refractivity contribution is 9.10. The van der Waals surface area contributed by atoms with Crippen LogP contribution < -0.4 is 5.32 Å². The lowest BCUT2D eigenvalue weighted by molar-refractivity contribution is 0.589. The minimum Gasteiger partial charge on any atom is -0.311 e. The minimum atomic E-state index is 0.0885. The van der Waals surface area contributed by atoms with Crippen LogP contribution in [0.5, 0.6) is 0 Å². The Bertz CT molecular complexity index is 752. The zero-order chi connectivity index (χ0) is 14.1. The monoisotopic (exact) mass is 331 g/mol. The average molecular weight is 332 g/mol. The number of benzene rings is 2. The first-order valence-corrected chi connectivity index (χ1v) is 7.13. The molecule has 1 aromatic heterocycles.